The highest BCUT2D eigenvalue weighted by molar-refractivity contribution is 7.89. The third-order valence-electron chi connectivity index (χ3n) is 6.86. The van der Waals surface area contributed by atoms with Crippen molar-refractivity contribution in [2.24, 2.45) is 5.41 Å². The number of hydrogen-bond donors (Lipinski definition) is 2. The summed E-state index contributed by atoms with van der Waals surface area (Å²) in [4.78, 5) is 40.7. The van der Waals surface area contributed by atoms with Crippen molar-refractivity contribution in [2.75, 3.05) is 39.3 Å². The average molecular weight is 503 g/mol. The first-order valence-corrected chi connectivity index (χ1v) is 13.1. The van der Waals surface area contributed by atoms with E-state index in [4.69, 9.17) is 4.42 Å². The Morgan fingerprint density at radius 1 is 0.943 bits per heavy atom. The molecule has 0 atom stereocenters. The second kappa shape index (κ2) is 10.2. The lowest BCUT2D eigenvalue weighted by molar-refractivity contribution is -0.133. The molecule has 0 aliphatic carbocycles. The summed E-state index contributed by atoms with van der Waals surface area (Å²) in [5, 5.41) is 2.57. The zero-order chi connectivity index (χ0) is 25.1. The standard InChI is InChI=1S/C24H30N4O6S/c1-18-4-6-19(7-5-18)35(32,33)26-16-22(30)28-13-10-24(17-28)8-11-27(12-9-24)21(29)15-25-23(31)20-3-2-14-34-20/h2-7,14,26H,8-13,15-17H2,1H3,(H,25,31). The van der Waals surface area contributed by atoms with Gasteiger partial charge in [-0.3, -0.25) is 14.4 Å². The van der Waals surface area contributed by atoms with E-state index in [-0.39, 0.29) is 41.0 Å². The normalized spacial score (nSPS) is 17.5. The molecular weight excluding hydrogens is 472 g/mol. The van der Waals surface area contributed by atoms with E-state index in [0.29, 0.717) is 26.2 Å². The number of amides is 3. The Hall–Kier alpha value is -3.18. The van der Waals surface area contributed by atoms with E-state index in [2.05, 4.69) is 10.0 Å². The first-order chi connectivity index (χ1) is 16.7. The van der Waals surface area contributed by atoms with E-state index in [1.807, 2.05) is 6.92 Å². The number of hydrogen-bond acceptors (Lipinski definition) is 6. The van der Waals surface area contributed by atoms with Gasteiger partial charge in [0.25, 0.3) is 5.91 Å². The van der Waals surface area contributed by atoms with Gasteiger partial charge in [0, 0.05) is 26.2 Å². The predicted molar refractivity (Wildman–Crippen MR) is 127 cm³/mol. The zero-order valence-electron chi connectivity index (χ0n) is 19.7. The summed E-state index contributed by atoms with van der Waals surface area (Å²) in [7, 11) is -3.76. The molecule has 4 rings (SSSR count). The van der Waals surface area contributed by atoms with Gasteiger partial charge in [0.05, 0.1) is 24.2 Å². The molecule has 188 valence electrons. The number of nitrogens with one attached hydrogen (secondary N) is 2. The molecule has 0 unspecified atom stereocenters. The van der Waals surface area contributed by atoms with Crippen molar-refractivity contribution in [3.8, 4) is 0 Å². The maximum Gasteiger partial charge on any atom is 0.287 e. The van der Waals surface area contributed by atoms with Gasteiger partial charge in [-0.25, -0.2) is 13.1 Å². The molecule has 11 heteroatoms. The van der Waals surface area contributed by atoms with E-state index in [9.17, 15) is 22.8 Å². The molecule has 2 fully saturated rings. The van der Waals surface area contributed by atoms with E-state index >= 15 is 0 Å². The van der Waals surface area contributed by atoms with Crippen LogP contribution in [0.4, 0.5) is 0 Å². The van der Waals surface area contributed by atoms with Crippen molar-refractivity contribution < 1.29 is 27.2 Å². The summed E-state index contributed by atoms with van der Waals surface area (Å²) >= 11 is 0. The lowest BCUT2D eigenvalue weighted by Gasteiger charge is -2.39. The minimum Gasteiger partial charge on any atom is -0.459 e. The maximum atomic E-state index is 12.7. The smallest absolute Gasteiger partial charge is 0.287 e. The van der Waals surface area contributed by atoms with Crippen LogP contribution in [0.3, 0.4) is 0 Å². The summed E-state index contributed by atoms with van der Waals surface area (Å²) in [6.07, 6.45) is 3.73. The number of piperidine rings is 1. The van der Waals surface area contributed by atoms with Crippen LogP contribution in [0.5, 0.6) is 0 Å². The van der Waals surface area contributed by atoms with Gasteiger partial charge in [0.15, 0.2) is 5.76 Å². The van der Waals surface area contributed by atoms with Gasteiger partial charge in [-0.05, 0) is 55.9 Å². The van der Waals surface area contributed by atoms with Crippen LogP contribution in [0.1, 0.15) is 35.4 Å². The van der Waals surface area contributed by atoms with E-state index in [0.717, 1.165) is 24.8 Å². The minimum absolute atomic E-state index is 0.0698. The fourth-order valence-corrected chi connectivity index (χ4v) is 5.59. The monoisotopic (exact) mass is 502 g/mol. The number of carbonyl (C=O) groups is 3. The molecule has 1 aromatic heterocycles. The number of sulfonamides is 1. The van der Waals surface area contributed by atoms with E-state index in [1.54, 1.807) is 28.0 Å². The lowest BCUT2D eigenvalue weighted by Crippen LogP contribution is -2.48. The first-order valence-electron chi connectivity index (χ1n) is 11.6. The topological polar surface area (TPSA) is 129 Å². The van der Waals surface area contributed by atoms with Gasteiger partial charge in [-0.1, -0.05) is 17.7 Å². The van der Waals surface area contributed by atoms with Gasteiger partial charge in [-0.15, -0.1) is 0 Å². The number of likely N-dealkylation sites (tertiary alicyclic amines) is 2. The van der Waals surface area contributed by atoms with Gasteiger partial charge < -0.3 is 19.5 Å². The van der Waals surface area contributed by atoms with Crippen molar-refractivity contribution in [3.05, 3.63) is 54.0 Å². The summed E-state index contributed by atoms with van der Waals surface area (Å²) < 4.78 is 32.4. The highest BCUT2D eigenvalue weighted by Crippen LogP contribution is 2.40. The Morgan fingerprint density at radius 3 is 2.20 bits per heavy atom. The molecule has 1 aromatic carbocycles. The number of furan rings is 1. The highest BCUT2D eigenvalue weighted by atomic mass is 32.2. The largest absolute Gasteiger partial charge is 0.459 e. The number of carbonyl (C=O) groups excluding carboxylic acids is 3. The Bertz CT molecular complexity index is 1170. The quantitative estimate of drug-likeness (QED) is 0.584. The molecule has 2 aromatic rings. The summed E-state index contributed by atoms with van der Waals surface area (Å²) in [5.74, 6) is -0.681. The second-order valence-electron chi connectivity index (χ2n) is 9.24. The molecule has 2 aliphatic rings. The zero-order valence-corrected chi connectivity index (χ0v) is 20.5. The number of rotatable bonds is 7. The Kier molecular flexibility index (Phi) is 7.27. The summed E-state index contributed by atoms with van der Waals surface area (Å²) in [5.41, 5.74) is 0.883. The van der Waals surface area contributed by atoms with Crippen molar-refractivity contribution in [2.45, 2.75) is 31.1 Å². The molecule has 0 saturated carbocycles. The predicted octanol–water partition coefficient (Wildman–Crippen LogP) is 1.14. The number of nitrogens with zero attached hydrogens (tertiary/aromatic N) is 2. The van der Waals surface area contributed by atoms with E-state index < -0.39 is 15.9 Å². The molecule has 35 heavy (non-hydrogen) atoms. The van der Waals surface area contributed by atoms with Crippen LogP contribution >= 0.6 is 0 Å². The Labute approximate surface area is 204 Å². The lowest BCUT2D eigenvalue weighted by atomic mass is 9.78. The van der Waals surface area contributed by atoms with Crippen LogP contribution in [-0.2, 0) is 19.6 Å². The molecule has 1 spiro atoms. The highest BCUT2D eigenvalue weighted by Gasteiger charge is 2.42. The van der Waals surface area contributed by atoms with E-state index in [1.165, 1.54) is 24.5 Å². The van der Waals surface area contributed by atoms with Crippen molar-refractivity contribution in [1.29, 1.82) is 0 Å². The molecule has 10 nitrogen and oxygen atoms in total. The molecule has 0 radical (unpaired) electrons. The Balaban J connectivity index is 1.22. The minimum atomic E-state index is -3.76. The van der Waals surface area contributed by atoms with Crippen LogP contribution in [0.15, 0.2) is 52.0 Å². The van der Waals surface area contributed by atoms with Gasteiger partial charge in [-0.2, -0.15) is 0 Å². The van der Waals surface area contributed by atoms with Crippen LogP contribution in [-0.4, -0.2) is 75.2 Å². The SMILES string of the molecule is Cc1ccc(S(=O)(=O)NCC(=O)N2CCC3(CCN(C(=O)CNC(=O)c4ccco4)CC3)C2)cc1. The molecule has 2 N–H and O–H groups in total. The number of benzene rings is 1. The maximum absolute atomic E-state index is 12.7. The second-order valence-corrected chi connectivity index (χ2v) is 11.0. The fraction of sp³-hybridized carbons (Fsp3) is 0.458. The van der Waals surface area contributed by atoms with Gasteiger partial charge >= 0.3 is 0 Å². The first kappa shape index (κ1) is 24.9. The molecule has 0 bridgehead atoms. The van der Waals surface area contributed by atoms with Crippen LogP contribution in [0.2, 0.25) is 0 Å². The van der Waals surface area contributed by atoms with Crippen LogP contribution in [0.25, 0.3) is 0 Å². The number of aryl methyl sites for hydroxylation is 1. The fourth-order valence-electron chi connectivity index (χ4n) is 4.62. The average Bonchev–Trinajstić information content (AvgIpc) is 3.53. The molecular formula is C24H30N4O6S. The van der Waals surface area contributed by atoms with Crippen LogP contribution in [0, 0.1) is 12.3 Å². The third-order valence-corrected chi connectivity index (χ3v) is 8.27. The molecule has 3 heterocycles. The molecule has 3 amide bonds. The van der Waals surface area contributed by atoms with Crippen molar-refractivity contribution in [1.82, 2.24) is 19.8 Å². The summed E-state index contributed by atoms with van der Waals surface area (Å²) in [6, 6.07) is 9.60. The van der Waals surface area contributed by atoms with Crippen molar-refractivity contribution in [3.63, 3.8) is 0 Å². The van der Waals surface area contributed by atoms with Gasteiger partial charge in [0.1, 0.15) is 0 Å². The van der Waals surface area contributed by atoms with Crippen LogP contribution < -0.4 is 10.0 Å². The van der Waals surface area contributed by atoms with Gasteiger partial charge in [0.2, 0.25) is 21.8 Å². The third kappa shape index (κ3) is 5.91. The summed E-state index contributed by atoms with van der Waals surface area (Å²) in [6.45, 7) is 3.71. The molecule has 2 aliphatic heterocycles. The Morgan fingerprint density at radius 2 is 1.57 bits per heavy atom. The molecule has 2 saturated heterocycles. The van der Waals surface area contributed by atoms with Crippen molar-refractivity contribution >= 4 is 27.7 Å².